The fraction of sp³-hybridized carbons (Fsp3) is 0. The second-order valence-corrected chi connectivity index (χ2v) is 3.67. The zero-order valence-electron chi connectivity index (χ0n) is 7.94. The molecule has 80 valence electrons. The highest BCUT2D eigenvalue weighted by Crippen LogP contribution is 2.24. The summed E-state index contributed by atoms with van der Waals surface area (Å²) in [6, 6.07) is 0. The van der Waals surface area contributed by atoms with Crippen molar-refractivity contribution in [3.63, 3.8) is 0 Å². The maximum Gasteiger partial charge on any atom is 0.357 e. The van der Waals surface area contributed by atoms with Crippen LogP contribution in [-0.2, 0) is 0 Å². The molecule has 0 aliphatic carbocycles. The third-order valence-corrected chi connectivity index (χ3v) is 2.52. The van der Waals surface area contributed by atoms with E-state index in [0.717, 1.165) is 11.8 Å². The number of rotatable bonds is 3. The summed E-state index contributed by atoms with van der Waals surface area (Å²) < 4.78 is 0. The van der Waals surface area contributed by atoms with Crippen molar-refractivity contribution in [3.8, 4) is 0 Å². The van der Waals surface area contributed by atoms with Gasteiger partial charge in [-0.1, -0.05) is 0 Å². The van der Waals surface area contributed by atoms with Gasteiger partial charge in [-0.05, 0) is 11.8 Å². The van der Waals surface area contributed by atoms with Crippen LogP contribution in [-0.4, -0.2) is 31.0 Å². The van der Waals surface area contributed by atoms with Crippen molar-refractivity contribution in [1.82, 2.24) is 19.9 Å². The van der Waals surface area contributed by atoms with E-state index in [1.54, 1.807) is 6.20 Å². The molecule has 0 radical (unpaired) electrons. The van der Waals surface area contributed by atoms with Crippen molar-refractivity contribution in [2.75, 3.05) is 0 Å². The van der Waals surface area contributed by atoms with Crippen molar-refractivity contribution in [3.05, 3.63) is 36.7 Å². The molecule has 1 N–H and O–H groups in total. The number of nitrogens with zero attached hydrogens (tertiary/aromatic N) is 4. The van der Waals surface area contributed by atoms with Crippen molar-refractivity contribution in [2.45, 2.75) is 10.1 Å². The van der Waals surface area contributed by atoms with Crippen LogP contribution in [0.1, 0.15) is 10.5 Å². The van der Waals surface area contributed by atoms with Crippen LogP contribution < -0.4 is 0 Å². The summed E-state index contributed by atoms with van der Waals surface area (Å²) in [7, 11) is 0. The van der Waals surface area contributed by atoms with Gasteiger partial charge in [-0.2, -0.15) is 0 Å². The molecule has 0 aliphatic rings. The van der Waals surface area contributed by atoms with Gasteiger partial charge in [-0.3, -0.25) is 4.98 Å². The summed E-state index contributed by atoms with van der Waals surface area (Å²) in [6.07, 6.45) is 7.37. The molecule has 0 unspecified atom stereocenters. The lowest BCUT2D eigenvalue weighted by molar-refractivity contribution is 0.0685. The van der Waals surface area contributed by atoms with E-state index in [4.69, 9.17) is 5.11 Å². The van der Waals surface area contributed by atoms with Crippen LogP contribution in [0.4, 0.5) is 0 Å². The lowest BCUT2D eigenvalue weighted by Crippen LogP contribution is -2.03. The van der Waals surface area contributed by atoms with Crippen LogP contribution in [0, 0.1) is 0 Å². The quantitative estimate of drug-likeness (QED) is 0.850. The summed E-state index contributed by atoms with van der Waals surface area (Å²) >= 11 is 1.11. The van der Waals surface area contributed by atoms with E-state index in [1.807, 2.05) is 0 Å². The van der Waals surface area contributed by atoms with Crippen molar-refractivity contribution in [2.24, 2.45) is 0 Å². The third-order valence-electron chi connectivity index (χ3n) is 1.61. The van der Waals surface area contributed by atoms with Gasteiger partial charge in [0, 0.05) is 24.8 Å². The summed E-state index contributed by atoms with van der Waals surface area (Å²) in [5, 5.41) is 9.77. The molecule has 2 aromatic rings. The van der Waals surface area contributed by atoms with Crippen molar-refractivity contribution in [1.29, 1.82) is 0 Å². The van der Waals surface area contributed by atoms with E-state index < -0.39 is 5.97 Å². The van der Waals surface area contributed by atoms with Gasteiger partial charge in [0.15, 0.2) is 5.69 Å². The summed E-state index contributed by atoms with van der Waals surface area (Å²) in [5.74, 6) is -1.11. The minimum atomic E-state index is -1.11. The second kappa shape index (κ2) is 4.67. The minimum absolute atomic E-state index is 0.0850. The van der Waals surface area contributed by atoms with Crippen molar-refractivity contribution >= 4 is 17.7 Å². The molecule has 6 nitrogen and oxygen atoms in total. The Hall–Kier alpha value is -2.02. The molecule has 0 aromatic carbocycles. The Morgan fingerprint density at radius 2 is 1.88 bits per heavy atom. The molecule has 0 spiro atoms. The standard InChI is InChI=1S/C9H6N4O2S/c14-9(15)7-8(13-4-3-12-7)16-6-5-10-1-2-11-6/h1-5H,(H,14,15). The fourth-order valence-electron chi connectivity index (χ4n) is 0.984. The smallest absolute Gasteiger partial charge is 0.357 e. The highest BCUT2D eigenvalue weighted by atomic mass is 32.2. The highest BCUT2D eigenvalue weighted by Gasteiger charge is 2.14. The molecule has 2 heterocycles. The Morgan fingerprint density at radius 1 is 1.12 bits per heavy atom. The van der Waals surface area contributed by atoms with Gasteiger partial charge in [-0.15, -0.1) is 0 Å². The highest BCUT2D eigenvalue weighted by molar-refractivity contribution is 7.99. The van der Waals surface area contributed by atoms with Crippen LogP contribution in [0.2, 0.25) is 0 Å². The van der Waals surface area contributed by atoms with Gasteiger partial charge in [0.05, 0.1) is 6.20 Å². The number of hydrogen-bond donors (Lipinski definition) is 1. The molecular formula is C9H6N4O2S. The van der Waals surface area contributed by atoms with Crippen LogP contribution >= 0.6 is 11.8 Å². The Labute approximate surface area is 94.8 Å². The predicted molar refractivity (Wildman–Crippen MR) is 55.1 cm³/mol. The Bertz CT molecular complexity index is 506. The van der Waals surface area contributed by atoms with Crippen LogP contribution in [0.15, 0.2) is 41.0 Å². The molecule has 0 saturated carbocycles. The fourth-order valence-corrected chi connectivity index (χ4v) is 1.76. The van der Waals surface area contributed by atoms with Gasteiger partial charge in [0.2, 0.25) is 0 Å². The van der Waals surface area contributed by atoms with E-state index in [1.165, 1.54) is 24.8 Å². The molecule has 7 heteroatoms. The maximum absolute atomic E-state index is 10.9. The number of aromatic nitrogens is 4. The SMILES string of the molecule is O=C(O)c1nccnc1Sc1cnccn1. The maximum atomic E-state index is 10.9. The predicted octanol–water partition coefficient (Wildman–Crippen LogP) is 1.12. The summed E-state index contributed by atoms with van der Waals surface area (Å²) in [4.78, 5) is 26.4. The topological polar surface area (TPSA) is 88.9 Å². The Morgan fingerprint density at radius 3 is 2.56 bits per heavy atom. The molecule has 0 amide bonds. The normalized spacial score (nSPS) is 10.0. The molecule has 0 saturated heterocycles. The molecule has 0 atom stereocenters. The van der Waals surface area contributed by atoms with E-state index in [2.05, 4.69) is 19.9 Å². The van der Waals surface area contributed by atoms with E-state index in [9.17, 15) is 4.79 Å². The van der Waals surface area contributed by atoms with E-state index in [0.29, 0.717) is 10.1 Å². The first-order chi connectivity index (χ1) is 7.77. The van der Waals surface area contributed by atoms with Crippen LogP contribution in [0.5, 0.6) is 0 Å². The molecule has 0 bridgehead atoms. The van der Waals surface area contributed by atoms with Gasteiger partial charge in [0.25, 0.3) is 0 Å². The first kappa shape index (κ1) is 10.5. The number of hydrogen-bond acceptors (Lipinski definition) is 6. The van der Waals surface area contributed by atoms with Crippen LogP contribution in [0.25, 0.3) is 0 Å². The van der Waals surface area contributed by atoms with E-state index in [-0.39, 0.29) is 5.69 Å². The number of aromatic carboxylic acids is 1. The largest absolute Gasteiger partial charge is 0.476 e. The average molecular weight is 234 g/mol. The molecule has 0 fully saturated rings. The molecular weight excluding hydrogens is 228 g/mol. The third kappa shape index (κ3) is 2.31. The van der Waals surface area contributed by atoms with Gasteiger partial charge < -0.3 is 5.11 Å². The average Bonchev–Trinajstić information content (AvgIpc) is 2.31. The Balaban J connectivity index is 2.31. The molecule has 2 rings (SSSR count). The van der Waals surface area contributed by atoms with Crippen molar-refractivity contribution < 1.29 is 9.90 Å². The lowest BCUT2D eigenvalue weighted by atomic mass is 10.5. The van der Waals surface area contributed by atoms with Gasteiger partial charge >= 0.3 is 5.97 Å². The zero-order chi connectivity index (χ0) is 11.4. The zero-order valence-corrected chi connectivity index (χ0v) is 8.76. The van der Waals surface area contributed by atoms with Crippen LogP contribution in [0.3, 0.4) is 0 Å². The monoisotopic (exact) mass is 234 g/mol. The second-order valence-electron chi connectivity index (χ2n) is 2.66. The Kier molecular flexibility index (Phi) is 3.06. The number of carbonyl (C=O) groups is 1. The minimum Gasteiger partial charge on any atom is -0.476 e. The summed E-state index contributed by atoms with van der Waals surface area (Å²) in [5.41, 5.74) is -0.0850. The number of carboxylic acids is 1. The molecule has 16 heavy (non-hydrogen) atoms. The van der Waals surface area contributed by atoms with E-state index >= 15 is 0 Å². The first-order valence-corrected chi connectivity index (χ1v) is 5.07. The number of carboxylic acid groups (broad SMARTS) is 1. The summed E-state index contributed by atoms with van der Waals surface area (Å²) in [6.45, 7) is 0. The molecule has 0 aliphatic heterocycles. The lowest BCUT2D eigenvalue weighted by Gasteiger charge is -2.01. The van der Waals surface area contributed by atoms with Gasteiger partial charge in [-0.25, -0.2) is 19.7 Å². The first-order valence-electron chi connectivity index (χ1n) is 4.25. The van der Waals surface area contributed by atoms with Gasteiger partial charge in [0.1, 0.15) is 10.1 Å². The molecule has 2 aromatic heterocycles.